The van der Waals surface area contributed by atoms with Gasteiger partial charge in [-0.2, -0.15) is 0 Å². The van der Waals surface area contributed by atoms with E-state index in [4.69, 9.17) is 9.47 Å². The maximum absolute atomic E-state index is 14.1. The number of piperidine rings is 1. The highest BCUT2D eigenvalue weighted by molar-refractivity contribution is 6.24. The van der Waals surface area contributed by atoms with Crippen molar-refractivity contribution in [3.63, 3.8) is 0 Å². The molecule has 38 heavy (non-hydrogen) atoms. The van der Waals surface area contributed by atoms with E-state index in [0.29, 0.717) is 35.0 Å². The van der Waals surface area contributed by atoms with Gasteiger partial charge < -0.3 is 29.6 Å². The van der Waals surface area contributed by atoms with Gasteiger partial charge in [0.05, 0.1) is 36.1 Å². The zero-order chi connectivity index (χ0) is 27.2. The molecule has 2 bridgehead atoms. The summed E-state index contributed by atoms with van der Waals surface area (Å²) in [6, 6.07) is 10.1. The Morgan fingerprint density at radius 1 is 1.16 bits per heavy atom. The number of aromatic nitrogens is 1. The van der Waals surface area contributed by atoms with Gasteiger partial charge in [0.25, 0.3) is 5.91 Å². The summed E-state index contributed by atoms with van der Waals surface area (Å²) in [6.45, 7) is 6.02. The lowest BCUT2D eigenvalue weighted by molar-refractivity contribution is -0.126. The Bertz CT molecular complexity index is 1390. The van der Waals surface area contributed by atoms with Crippen LogP contribution in [-0.2, 0) is 9.53 Å². The fraction of sp³-hybridized carbons (Fsp3) is 0.429. The highest BCUT2D eigenvalue weighted by Crippen LogP contribution is 2.41. The van der Waals surface area contributed by atoms with E-state index in [-0.39, 0.29) is 29.5 Å². The third kappa shape index (κ3) is 4.78. The van der Waals surface area contributed by atoms with Crippen LogP contribution in [0.5, 0.6) is 5.75 Å². The van der Waals surface area contributed by atoms with Gasteiger partial charge in [-0.1, -0.05) is 6.07 Å². The van der Waals surface area contributed by atoms with Crippen LogP contribution in [0.15, 0.2) is 52.4 Å². The number of aliphatic imine (C=N–C) groups is 1. The quantitative estimate of drug-likeness (QED) is 0.641. The number of amidine groups is 1. The number of pyridine rings is 1. The number of anilines is 1. The number of carbonyl (C=O) groups is 2. The number of fused-ring (bicyclic) bond motifs is 3. The molecule has 3 heterocycles. The van der Waals surface area contributed by atoms with E-state index in [9.17, 15) is 14.4 Å². The Balaban J connectivity index is 1.49. The molecule has 1 aromatic carbocycles. The largest absolute Gasteiger partial charge is 0.497 e. The second-order valence-corrected chi connectivity index (χ2v) is 10.9. The van der Waals surface area contributed by atoms with Gasteiger partial charge in [0, 0.05) is 31.4 Å². The van der Waals surface area contributed by atoms with Crippen molar-refractivity contribution in [3.05, 3.63) is 64.2 Å². The fourth-order valence-corrected chi connectivity index (χ4v) is 5.59. The number of hydrogen-bond donors (Lipinski definition) is 2. The molecule has 2 aromatic rings. The van der Waals surface area contributed by atoms with Gasteiger partial charge >= 0.3 is 6.09 Å². The normalized spacial score (nSPS) is 22.3. The molecule has 2 amide bonds. The molecule has 2 fully saturated rings. The van der Waals surface area contributed by atoms with Gasteiger partial charge in [0.1, 0.15) is 11.4 Å². The molecule has 2 aliphatic heterocycles. The first-order valence-electron chi connectivity index (χ1n) is 12.8. The molecule has 3 atom stereocenters. The van der Waals surface area contributed by atoms with Crippen LogP contribution < -0.4 is 20.5 Å². The summed E-state index contributed by atoms with van der Waals surface area (Å²) < 4.78 is 10.9. The molecule has 0 unspecified atom stereocenters. The fourth-order valence-electron chi connectivity index (χ4n) is 5.59. The minimum Gasteiger partial charge on any atom is -0.497 e. The molecule has 2 N–H and O–H groups in total. The number of rotatable bonds is 4. The highest BCUT2D eigenvalue weighted by atomic mass is 16.6. The Hall–Kier alpha value is -4.08. The van der Waals surface area contributed by atoms with Crippen LogP contribution in [0.25, 0.3) is 5.57 Å². The number of benzene rings is 1. The van der Waals surface area contributed by atoms with Crippen molar-refractivity contribution in [1.82, 2.24) is 15.2 Å². The maximum atomic E-state index is 14.1. The zero-order valence-electron chi connectivity index (χ0n) is 22.3. The number of amides is 2. The van der Waals surface area contributed by atoms with E-state index < -0.39 is 11.7 Å². The van der Waals surface area contributed by atoms with Crippen molar-refractivity contribution in [3.8, 4) is 5.75 Å². The number of ether oxygens (including phenoxy) is 2. The molecule has 10 heteroatoms. The summed E-state index contributed by atoms with van der Waals surface area (Å²) >= 11 is 0. The van der Waals surface area contributed by atoms with Crippen LogP contribution in [0.2, 0.25) is 0 Å². The van der Waals surface area contributed by atoms with E-state index in [2.05, 4.69) is 15.3 Å². The Kier molecular flexibility index (Phi) is 6.50. The lowest BCUT2D eigenvalue weighted by Gasteiger charge is -2.29. The van der Waals surface area contributed by atoms with Crippen LogP contribution in [0.3, 0.4) is 0 Å². The Morgan fingerprint density at radius 3 is 2.66 bits per heavy atom. The lowest BCUT2D eigenvalue weighted by Crippen LogP contribution is -2.46. The third-order valence-electron chi connectivity index (χ3n) is 7.26. The Morgan fingerprint density at radius 2 is 1.95 bits per heavy atom. The molecule has 0 radical (unpaired) electrons. The second kappa shape index (κ2) is 9.66. The van der Waals surface area contributed by atoms with Gasteiger partial charge in [0.2, 0.25) is 5.56 Å². The predicted molar refractivity (Wildman–Crippen MR) is 144 cm³/mol. The van der Waals surface area contributed by atoms with Gasteiger partial charge in [-0.05, 0) is 63.8 Å². The number of nitrogens with zero attached hydrogens (tertiary/aromatic N) is 3. The molecule has 200 valence electrons. The van der Waals surface area contributed by atoms with Crippen LogP contribution >= 0.6 is 0 Å². The van der Waals surface area contributed by atoms with Crippen LogP contribution in [0.1, 0.15) is 44.9 Å². The van der Waals surface area contributed by atoms with E-state index in [0.717, 1.165) is 18.5 Å². The standard InChI is InChI=1S/C28H33N5O5/c1-28(2,3)38-27(36)31-24-16-9-11-22(24)33(15-16)26(35)19-14-29-25(20-7-6-8-23(34)30-20)32(4)21-12-10-17(37-5)13-18(19)21/h6-8,10,12-14,16,22,24H,9,11,15H2,1-5H3,(H,30,34)(H,31,36)/t16-,22-,24-/m1/s1. The average molecular weight is 520 g/mol. The number of alkyl carbamates (subject to hydrolysis) is 1. The monoisotopic (exact) mass is 519 g/mol. The van der Waals surface area contributed by atoms with Crippen molar-refractivity contribution in [2.24, 2.45) is 10.9 Å². The summed E-state index contributed by atoms with van der Waals surface area (Å²) in [5.74, 6) is 1.11. The maximum Gasteiger partial charge on any atom is 0.407 e. The van der Waals surface area contributed by atoms with Gasteiger partial charge in [-0.25, -0.2) is 9.79 Å². The second-order valence-electron chi connectivity index (χ2n) is 10.9. The number of nitrogens with one attached hydrogen (secondary N) is 2. The molecule has 3 aliphatic rings. The molecule has 1 saturated heterocycles. The number of hydrogen-bond acceptors (Lipinski definition) is 7. The number of carbonyl (C=O) groups excluding carboxylic acids is 2. The first-order valence-corrected chi connectivity index (χ1v) is 12.8. The van der Waals surface area contributed by atoms with E-state index in [1.165, 1.54) is 6.07 Å². The first kappa shape index (κ1) is 25.6. The number of aromatic amines is 1. The average Bonchev–Trinajstić information content (AvgIpc) is 3.36. The van der Waals surface area contributed by atoms with Gasteiger partial charge in [-0.15, -0.1) is 0 Å². The number of methoxy groups -OCH3 is 1. The Labute approximate surface area is 221 Å². The van der Waals surface area contributed by atoms with Crippen LogP contribution in [0.4, 0.5) is 10.5 Å². The molecule has 1 aliphatic carbocycles. The van der Waals surface area contributed by atoms with Crippen molar-refractivity contribution >= 4 is 29.1 Å². The van der Waals surface area contributed by atoms with Crippen molar-refractivity contribution < 1.29 is 19.1 Å². The molecular formula is C28H33N5O5. The third-order valence-corrected chi connectivity index (χ3v) is 7.26. The minimum absolute atomic E-state index is 0.134. The van der Waals surface area contributed by atoms with Crippen LogP contribution in [-0.4, -0.2) is 66.1 Å². The van der Waals surface area contributed by atoms with E-state index >= 15 is 0 Å². The summed E-state index contributed by atoms with van der Waals surface area (Å²) in [5.41, 5.74) is 1.54. The summed E-state index contributed by atoms with van der Waals surface area (Å²) in [7, 11) is 3.42. The molecule has 1 aromatic heterocycles. The topological polar surface area (TPSA) is 116 Å². The smallest absolute Gasteiger partial charge is 0.407 e. The lowest BCUT2D eigenvalue weighted by atomic mass is 10.0. The van der Waals surface area contributed by atoms with E-state index in [1.807, 2.05) is 55.8 Å². The predicted octanol–water partition coefficient (Wildman–Crippen LogP) is 3.14. The summed E-state index contributed by atoms with van der Waals surface area (Å²) in [4.78, 5) is 49.8. The van der Waals surface area contributed by atoms with Gasteiger partial charge in [-0.3, -0.25) is 9.59 Å². The molecular weight excluding hydrogens is 486 g/mol. The van der Waals surface area contributed by atoms with Crippen LogP contribution in [0, 0.1) is 5.92 Å². The molecule has 0 spiro atoms. The molecule has 5 rings (SSSR count). The number of likely N-dealkylation sites (tertiary alicyclic amines) is 1. The van der Waals surface area contributed by atoms with E-state index in [1.54, 1.807) is 25.4 Å². The first-order chi connectivity index (χ1) is 18.1. The van der Waals surface area contributed by atoms with Crippen molar-refractivity contribution in [2.45, 2.75) is 51.3 Å². The molecule has 1 saturated carbocycles. The van der Waals surface area contributed by atoms with Gasteiger partial charge in [0.15, 0.2) is 5.84 Å². The summed E-state index contributed by atoms with van der Waals surface area (Å²) in [6.07, 6.45) is 2.83. The molecule has 10 nitrogen and oxygen atoms in total. The SMILES string of the molecule is COc1ccc2c(c1)C(C(=O)N1C[C@H]3CC[C@@H]1[C@@H]3NC(=O)OC(C)(C)C)=CN=C(c1cccc(=O)[nH]1)N2C. The van der Waals surface area contributed by atoms with Crippen molar-refractivity contribution in [2.75, 3.05) is 25.6 Å². The minimum atomic E-state index is -0.601. The van der Waals surface area contributed by atoms with Crippen molar-refractivity contribution in [1.29, 1.82) is 0 Å². The summed E-state index contributed by atoms with van der Waals surface area (Å²) in [5, 5.41) is 3.01. The number of H-pyrrole nitrogens is 1. The zero-order valence-corrected chi connectivity index (χ0v) is 22.3. The highest BCUT2D eigenvalue weighted by Gasteiger charge is 2.50.